The summed E-state index contributed by atoms with van der Waals surface area (Å²) in [5, 5.41) is 8.52. The van der Waals surface area contributed by atoms with Crippen LogP contribution in [0.5, 0.6) is 0 Å². The van der Waals surface area contributed by atoms with Gasteiger partial charge < -0.3 is 4.57 Å². The Morgan fingerprint density at radius 3 is 1.80 bits per heavy atom. The highest BCUT2D eigenvalue weighted by molar-refractivity contribution is 7.27. The molecule has 0 fully saturated rings. The number of hydrogen-bond donors (Lipinski definition) is 0. The van der Waals surface area contributed by atoms with Gasteiger partial charge >= 0.3 is 0 Å². The van der Waals surface area contributed by atoms with Gasteiger partial charge in [0.2, 0.25) is 5.95 Å². The Morgan fingerprint density at radius 1 is 0.400 bits per heavy atom. The van der Waals surface area contributed by atoms with Crippen LogP contribution < -0.4 is 0 Å². The number of rotatable bonds is 4. The van der Waals surface area contributed by atoms with Crippen LogP contribution in [0.3, 0.4) is 0 Å². The Morgan fingerprint density at radius 2 is 1.02 bits per heavy atom. The van der Waals surface area contributed by atoms with E-state index in [1.54, 1.807) is 0 Å². The topological polar surface area (TPSA) is 35.6 Å². The lowest BCUT2D eigenvalue weighted by molar-refractivity contribution is 1.01. The van der Waals surface area contributed by atoms with Crippen molar-refractivity contribution in [1.82, 2.24) is 19.1 Å². The first kappa shape index (κ1) is 30.4. The van der Waals surface area contributed by atoms with Gasteiger partial charge in [0.15, 0.2) is 0 Å². The van der Waals surface area contributed by atoms with Crippen LogP contribution >= 0.6 is 11.3 Å². The number of nitrogens with zero attached hydrogens (tertiary/aromatic N) is 4. The highest BCUT2D eigenvalue weighted by atomic mass is 32.1. The molecular formula is C50H30N4S. The minimum Gasteiger partial charge on any atom is -0.306 e. The zero-order chi connectivity index (χ0) is 36.0. The molecule has 0 bridgehead atoms. The SMILES string of the molecule is c1ccc(-c2ccc3c(c2)c2nc(-n4c5ccccc5c5c6c7ccccc7sc6c6ccccc6c54)nc(-c4ccccc4)c2n3-c2ccccc2)cc1. The maximum Gasteiger partial charge on any atom is 0.235 e. The highest BCUT2D eigenvalue weighted by Crippen LogP contribution is 2.48. The van der Waals surface area contributed by atoms with E-state index < -0.39 is 0 Å². The molecule has 0 amide bonds. The summed E-state index contributed by atoms with van der Waals surface area (Å²) in [6.07, 6.45) is 0. The number of benzene rings is 8. The Balaban J connectivity index is 1.30. The summed E-state index contributed by atoms with van der Waals surface area (Å²) in [7, 11) is 0. The number of thiophene rings is 1. The van der Waals surface area contributed by atoms with Crippen LogP contribution in [0, 0.1) is 0 Å². The van der Waals surface area contributed by atoms with Crippen molar-refractivity contribution in [1.29, 1.82) is 0 Å². The van der Waals surface area contributed by atoms with Gasteiger partial charge in [-0.3, -0.25) is 4.57 Å². The van der Waals surface area contributed by atoms with Crippen molar-refractivity contribution in [2.24, 2.45) is 0 Å². The third kappa shape index (κ3) is 4.39. The van der Waals surface area contributed by atoms with Crippen LogP contribution in [0.2, 0.25) is 0 Å². The van der Waals surface area contributed by atoms with Gasteiger partial charge in [-0.1, -0.05) is 146 Å². The fourth-order valence-electron chi connectivity index (χ4n) is 8.76. The molecule has 256 valence electrons. The molecule has 0 saturated heterocycles. The molecule has 0 atom stereocenters. The molecule has 0 aliphatic carbocycles. The molecule has 0 radical (unpaired) electrons. The van der Waals surface area contributed by atoms with Gasteiger partial charge in [0, 0.05) is 58.4 Å². The molecule has 0 saturated carbocycles. The van der Waals surface area contributed by atoms with E-state index in [1.807, 2.05) is 11.3 Å². The van der Waals surface area contributed by atoms with Crippen molar-refractivity contribution in [2.75, 3.05) is 0 Å². The molecule has 4 heterocycles. The standard InChI is InChI=1S/C50H30N4S/c1-4-16-31(17-5-1)33-28-29-41-39(30-33)46-48(53(41)34-20-8-3-9-21-34)45(32-18-6-2-7-19-32)51-50(52-46)54-40-26-14-12-24-37(40)43-44-38-25-13-15-27-42(38)55-49(44)36-23-11-10-22-35(36)47(43)54/h1-30H. The van der Waals surface area contributed by atoms with Gasteiger partial charge in [0.1, 0.15) is 11.2 Å². The minimum atomic E-state index is 0.652. The molecule has 0 aliphatic heterocycles. The van der Waals surface area contributed by atoms with Gasteiger partial charge in [-0.2, -0.15) is 0 Å². The van der Waals surface area contributed by atoms with Gasteiger partial charge in [-0.25, -0.2) is 9.97 Å². The summed E-state index contributed by atoms with van der Waals surface area (Å²) in [4.78, 5) is 11.3. The van der Waals surface area contributed by atoms with Crippen molar-refractivity contribution >= 4 is 86.0 Å². The molecule has 0 N–H and O–H groups in total. The average molecular weight is 719 g/mol. The van der Waals surface area contributed by atoms with Gasteiger partial charge in [0.05, 0.1) is 22.1 Å². The Hall–Kier alpha value is -7.08. The van der Waals surface area contributed by atoms with E-state index in [9.17, 15) is 0 Å². The van der Waals surface area contributed by atoms with E-state index in [-0.39, 0.29) is 0 Å². The van der Waals surface area contributed by atoms with Crippen molar-refractivity contribution in [2.45, 2.75) is 0 Å². The van der Waals surface area contributed by atoms with Crippen LogP contribution in [-0.2, 0) is 0 Å². The van der Waals surface area contributed by atoms with E-state index in [0.717, 1.165) is 55.5 Å². The molecular weight excluding hydrogens is 689 g/mol. The molecule has 0 spiro atoms. The van der Waals surface area contributed by atoms with Crippen molar-refractivity contribution in [3.8, 4) is 34.0 Å². The van der Waals surface area contributed by atoms with Gasteiger partial charge in [-0.05, 0) is 47.5 Å². The number of fused-ring (bicyclic) bond motifs is 13. The molecule has 0 unspecified atom stereocenters. The first-order chi connectivity index (χ1) is 27.3. The molecule has 8 aromatic carbocycles. The van der Waals surface area contributed by atoms with E-state index in [0.29, 0.717) is 5.95 Å². The lowest BCUT2D eigenvalue weighted by Gasteiger charge is -2.14. The summed E-state index contributed by atoms with van der Waals surface area (Å²) >= 11 is 1.88. The van der Waals surface area contributed by atoms with Crippen LogP contribution in [0.4, 0.5) is 0 Å². The minimum absolute atomic E-state index is 0.652. The summed E-state index contributed by atoms with van der Waals surface area (Å²) in [6.45, 7) is 0. The molecule has 4 aromatic heterocycles. The molecule has 55 heavy (non-hydrogen) atoms. The number of aromatic nitrogens is 4. The summed E-state index contributed by atoms with van der Waals surface area (Å²) in [6, 6.07) is 65.0. The third-order valence-corrected chi connectivity index (χ3v) is 12.3. The predicted molar refractivity (Wildman–Crippen MR) is 232 cm³/mol. The molecule has 12 rings (SSSR count). The zero-order valence-electron chi connectivity index (χ0n) is 29.5. The highest BCUT2D eigenvalue weighted by Gasteiger charge is 2.26. The quantitative estimate of drug-likeness (QED) is 0.182. The maximum absolute atomic E-state index is 5.68. The van der Waals surface area contributed by atoms with E-state index >= 15 is 0 Å². The summed E-state index contributed by atoms with van der Waals surface area (Å²) in [5.41, 5.74) is 10.5. The lowest BCUT2D eigenvalue weighted by atomic mass is 10.00. The van der Waals surface area contributed by atoms with Gasteiger partial charge in [-0.15, -0.1) is 11.3 Å². The van der Waals surface area contributed by atoms with Crippen LogP contribution in [0.1, 0.15) is 0 Å². The molecule has 5 heteroatoms. The largest absolute Gasteiger partial charge is 0.306 e. The molecule has 4 nitrogen and oxygen atoms in total. The Bertz CT molecular complexity index is 3470. The zero-order valence-corrected chi connectivity index (χ0v) is 30.3. The van der Waals surface area contributed by atoms with E-state index in [1.165, 1.54) is 47.3 Å². The van der Waals surface area contributed by atoms with Crippen molar-refractivity contribution in [3.63, 3.8) is 0 Å². The normalized spacial score (nSPS) is 12.0. The first-order valence-corrected chi connectivity index (χ1v) is 19.4. The van der Waals surface area contributed by atoms with E-state index in [4.69, 9.17) is 9.97 Å². The molecule has 0 aliphatic rings. The summed E-state index contributed by atoms with van der Waals surface area (Å²) in [5.74, 6) is 0.652. The predicted octanol–water partition coefficient (Wildman–Crippen LogP) is 13.5. The fraction of sp³-hybridized carbons (Fsp3) is 0. The second kappa shape index (κ2) is 11.7. The first-order valence-electron chi connectivity index (χ1n) is 18.6. The monoisotopic (exact) mass is 718 g/mol. The lowest BCUT2D eigenvalue weighted by Crippen LogP contribution is -2.05. The number of hydrogen-bond acceptors (Lipinski definition) is 3. The fourth-order valence-corrected chi connectivity index (χ4v) is 10.0. The number of para-hydroxylation sites is 2. The van der Waals surface area contributed by atoms with Crippen molar-refractivity contribution < 1.29 is 0 Å². The second-order valence-electron chi connectivity index (χ2n) is 14.1. The Kier molecular flexibility index (Phi) is 6.47. The Labute approximate surface area is 319 Å². The van der Waals surface area contributed by atoms with Crippen LogP contribution in [0.15, 0.2) is 182 Å². The average Bonchev–Trinajstić information content (AvgIpc) is 3.92. The van der Waals surface area contributed by atoms with Crippen LogP contribution in [0.25, 0.3) is 109 Å². The second-order valence-corrected chi connectivity index (χ2v) is 15.2. The maximum atomic E-state index is 5.68. The van der Waals surface area contributed by atoms with E-state index in [2.05, 4.69) is 191 Å². The van der Waals surface area contributed by atoms with Gasteiger partial charge in [0.25, 0.3) is 0 Å². The third-order valence-electron chi connectivity index (χ3n) is 11.1. The van der Waals surface area contributed by atoms with Crippen molar-refractivity contribution in [3.05, 3.63) is 182 Å². The van der Waals surface area contributed by atoms with Crippen LogP contribution in [-0.4, -0.2) is 19.1 Å². The summed E-state index contributed by atoms with van der Waals surface area (Å²) < 4.78 is 7.28. The molecule has 12 aromatic rings. The smallest absolute Gasteiger partial charge is 0.235 e.